The Labute approximate surface area is 360 Å². The summed E-state index contributed by atoms with van der Waals surface area (Å²) < 4.78 is 66.4. The van der Waals surface area contributed by atoms with E-state index in [0.29, 0.717) is 45.9 Å². The molecule has 1 N–H and O–H groups in total. The lowest BCUT2D eigenvalue weighted by Crippen LogP contribution is -2.58. The number of nitrogens with zero attached hydrogens (tertiary/aromatic N) is 5. The molecule has 3 aromatic rings. The van der Waals surface area contributed by atoms with E-state index >= 15 is 0 Å². The Morgan fingerprint density at radius 1 is 1.18 bits per heavy atom. The number of benzene rings is 1. The second-order valence-electron chi connectivity index (χ2n) is 18.1. The minimum atomic E-state index is -3.04. The maximum absolute atomic E-state index is 14.9. The van der Waals surface area contributed by atoms with Crippen LogP contribution >= 0.6 is 11.3 Å². The van der Waals surface area contributed by atoms with E-state index < -0.39 is 88.3 Å². The summed E-state index contributed by atoms with van der Waals surface area (Å²) >= 11 is -1.44. The van der Waals surface area contributed by atoms with Gasteiger partial charge in [0.15, 0.2) is 0 Å². The predicted molar refractivity (Wildman–Crippen MR) is 224 cm³/mol. The summed E-state index contributed by atoms with van der Waals surface area (Å²) in [6.45, 7) is 12.5. The van der Waals surface area contributed by atoms with Crippen LogP contribution in [-0.2, 0) is 30.4 Å². The van der Waals surface area contributed by atoms with Gasteiger partial charge in [-0.1, -0.05) is 40.7 Å². The molecule has 2 saturated carbocycles. The van der Waals surface area contributed by atoms with Gasteiger partial charge in [0, 0.05) is 60.7 Å². The highest BCUT2D eigenvalue weighted by atomic mass is 32.2. The van der Waals surface area contributed by atoms with Crippen molar-refractivity contribution in [2.45, 2.75) is 115 Å². The second-order valence-corrected chi connectivity index (χ2v) is 19.8. The Kier molecular flexibility index (Phi) is 12.4. The van der Waals surface area contributed by atoms with E-state index in [9.17, 15) is 36.7 Å². The standard InChI is InChI=1S/C43H54F2N6O8S2/c1-8-25-20-43(25,40(55)51(61(56)57)26-10-11-26)48-37(53)34-17-28(21-50(34)39(54)30(41(4,5)6)18-36(52)49-15-9-14-42(44,45)23-49)59-35-19-32(38-47-33(22-60-38)24(2)3)46-31-16-27(58-7)12-13-29(31)35/h8,12-13,16,19,22,24-26,28,30,34H,1,9-11,14-15,17-18,20-21,23H2,2-7H3,(H,48,53)(H,56,57)/p-1/t25-,28-,30-,34+,43?/m1/s1. The fourth-order valence-electron chi connectivity index (χ4n) is 8.36. The van der Waals surface area contributed by atoms with Crippen molar-refractivity contribution in [2.24, 2.45) is 17.3 Å². The molecular weight excluding hydrogens is 831 g/mol. The van der Waals surface area contributed by atoms with Gasteiger partial charge in [0.1, 0.15) is 39.9 Å². The number of hydrogen-bond acceptors (Lipinski definition) is 11. The summed E-state index contributed by atoms with van der Waals surface area (Å²) in [5.74, 6) is -6.07. The largest absolute Gasteiger partial charge is 0.755 e. The monoisotopic (exact) mass is 883 g/mol. The molecule has 2 aromatic heterocycles. The van der Waals surface area contributed by atoms with Gasteiger partial charge in [0.25, 0.3) is 11.8 Å². The Hall–Kier alpha value is -4.55. The first-order chi connectivity index (χ1) is 28.7. The molecule has 330 valence electrons. The van der Waals surface area contributed by atoms with E-state index in [1.807, 2.05) is 19.2 Å². The molecule has 2 aliphatic heterocycles. The van der Waals surface area contributed by atoms with Crippen LogP contribution in [0.3, 0.4) is 0 Å². The molecule has 1 aromatic carbocycles. The van der Waals surface area contributed by atoms with Crippen molar-refractivity contribution < 1.29 is 46.2 Å². The highest BCUT2D eigenvalue weighted by Gasteiger charge is 2.63. The van der Waals surface area contributed by atoms with Gasteiger partial charge in [-0.2, -0.15) is 0 Å². The SMILES string of the molecule is C=C[C@@H]1CC1(NC(=O)[C@@H]1C[C@@H](Oc2cc(-c3nc(C(C)C)cs3)nc3cc(OC)ccc23)CN1C(=O)[C@@H](CC(=O)N1CCCC(F)(F)C1)C(C)(C)C)C(=O)N(C1CC1)S(=O)[O-]. The van der Waals surface area contributed by atoms with E-state index in [-0.39, 0.29) is 51.1 Å². The number of carbonyl (C=O) groups excluding carboxylic acids is 4. The number of pyridine rings is 1. The third-order valence-electron chi connectivity index (χ3n) is 12.2. The Bertz CT molecular complexity index is 2240. The van der Waals surface area contributed by atoms with Crippen LogP contribution in [0.1, 0.15) is 91.2 Å². The summed E-state index contributed by atoms with van der Waals surface area (Å²) in [5.41, 5.74) is -0.437. The number of halogens is 2. The molecule has 2 aliphatic carbocycles. The molecule has 2 unspecified atom stereocenters. The summed E-state index contributed by atoms with van der Waals surface area (Å²) in [4.78, 5) is 69.3. The van der Waals surface area contributed by atoms with Gasteiger partial charge in [0.05, 0.1) is 48.6 Å². The second kappa shape index (κ2) is 17.0. The Balaban J connectivity index is 1.23. The van der Waals surface area contributed by atoms with Gasteiger partial charge in [-0.15, -0.1) is 17.9 Å². The number of nitrogens with one attached hydrogen (secondary N) is 1. The highest BCUT2D eigenvalue weighted by molar-refractivity contribution is 7.77. The average Bonchev–Trinajstić information content (AvgIpc) is 4.05. The molecule has 4 heterocycles. The normalized spacial score (nSPS) is 24.6. The highest BCUT2D eigenvalue weighted by Crippen LogP contribution is 2.48. The van der Waals surface area contributed by atoms with E-state index in [4.69, 9.17) is 19.4 Å². The van der Waals surface area contributed by atoms with Crippen LogP contribution < -0.4 is 14.8 Å². The van der Waals surface area contributed by atoms with Crippen LogP contribution in [0, 0.1) is 17.3 Å². The number of carbonyl (C=O) groups is 4. The number of fused-ring (bicyclic) bond motifs is 1. The van der Waals surface area contributed by atoms with Crippen LogP contribution in [0.15, 0.2) is 42.3 Å². The van der Waals surface area contributed by atoms with Crippen molar-refractivity contribution in [2.75, 3.05) is 26.7 Å². The van der Waals surface area contributed by atoms with Crippen molar-refractivity contribution in [3.8, 4) is 22.2 Å². The van der Waals surface area contributed by atoms with Crippen molar-refractivity contribution in [3.05, 3.63) is 48.0 Å². The molecule has 7 rings (SSSR count). The summed E-state index contributed by atoms with van der Waals surface area (Å²) in [6.07, 6.45) is 1.24. The molecule has 4 aliphatic rings. The molecule has 4 amide bonds. The minimum Gasteiger partial charge on any atom is -0.755 e. The maximum atomic E-state index is 14.9. The lowest BCUT2D eigenvalue weighted by atomic mass is 9.77. The zero-order chi connectivity index (χ0) is 44.2. The maximum Gasteiger partial charge on any atom is 0.265 e. The predicted octanol–water partition coefficient (Wildman–Crippen LogP) is 5.99. The number of aromatic nitrogens is 2. The molecule has 0 spiro atoms. The fraction of sp³-hybridized carbons (Fsp3) is 0.581. The average molecular weight is 884 g/mol. The number of thiazole rings is 1. The number of methoxy groups -OCH3 is 1. The summed E-state index contributed by atoms with van der Waals surface area (Å²) in [7, 11) is 1.55. The molecule has 2 saturated heterocycles. The number of hydrogen-bond donors (Lipinski definition) is 1. The third-order valence-corrected chi connectivity index (χ3v) is 13.9. The number of amides is 4. The lowest BCUT2D eigenvalue weighted by molar-refractivity contribution is -0.151. The minimum absolute atomic E-state index is 0.0341. The molecular formula is C43H53F2N6O8S2-. The van der Waals surface area contributed by atoms with Gasteiger partial charge in [-0.25, -0.2) is 18.7 Å². The van der Waals surface area contributed by atoms with Crippen molar-refractivity contribution in [1.29, 1.82) is 0 Å². The van der Waals surface area contributed by atoms with Crippen molar-refractivity contribution >= 4 is 57.1 Å². The summed E-state index contributed by atoms with van der Waals surface area (Å²) in [5, 5.41) is 6.12. The number of ether oxygens (including phenoxy) is 2. The van der Waals surface area contributed by atoms with Gasteiger partial charge in [-0.05, 0) is 49.1 Å². The van der Waals surface area contributed by atoms with Crippen LogP contribution in [-0.4, -0.2) is 113 Å². The van der Waals surface area contributed by atoms with Crippen LogP contribution in [0.4, 0.5) is 8.78 Å². The lowest BCUT2D eigenvalue weighted by Gasteiger charge is -2.37. The first-order valence-corrected chi connectivity index (χ1v) is 22.6. The summed E-state index contributed by atoms with van der Waals surface area (Å²) in [6, 6.07) is 5.39. The third kappa shape index (κ3) is 9.31. The van der Waals surface area contributed by atoms with Gasteiger partial charge in [0.2, 0.25) is 17.7 Å². The van der Waals surface area contributed by atoms with Crippen LogP contribution in [0.25, 0.3) is 21.6 Å². The molecule has 0 radical (unpaired) electrons. The van der Waals surface area contributed by atoms with Crippen molar-refractivity contribution in [1.82, 2.24) is 29.4 Å². The molecule has 4 fully saturated rings. The first kappa shape index (κ1) is 44.5. The van der Waals surface area contributed by atoms with Crippen LogP contribution in [0.5, 0.6) is 11.5 Å². The molecule has 14 nitrogen and oxygen atoms in total. The first-order valence-electron chi connectivity index (χ1n) is 20.7. The van der Waals surface area contributed by atoms with Crippen molar-refractivity contribution in [3.63, 3.8) is 0 Å². The zero-order valence-electron chi connectivity index (χ0n) is 35.3. The van der Waals surface area contributed by atoms with Crippen LogP contribution in [0.2, 0.25) is 0 Å². The van der Waals surface area contributed by atoms with E-state index in [1.165, 1.54) is 22.3 Å². The van der Waals surface area contributed by atoms with Gasteiger partial charge < -0.3 is 29.1 Å². The quantitative estimate of drug-likeness (QED) is 0.150. The van der Waals surface area contributed by atoms with Gasteiger partial charge in [-0.3, -0.25) is 27.7 Å². The molecule has 6 atom stereocenters. The number of alkyl halides is 2. The topological polar surface area (TPSA) is 174 Å². The fourth-order valence-corrected chi connectivity index (χ4v) is 10.1. The van der Waals surface area contributed by atoms with Gasteiger partial charge >= 0.3 is 0 Å². The zero-order valence-corrected chi connectivity index (χ0v) is 36.9. The number of likely N-dealkylation sites (tertiary alicyclic amines) is 2. The Morgan fingerprint density at radius 3 is 2.51 bits per heavy atom. The van der Waals surface area contributed by atoms with E-state index in [2.05, 4.69) is 11.9 Å². The number of rotatable bonds is 14. The van der Waals surface area contributed by atoms with E-state index in [0.717, 1.165) is 14.9 Å². The smallest absolute Gasteiger partial charge is 0.265 e. The molecule has 61 heavy (non-hydrogen) atoms. The Morgan fingerprint density at radius 2 is 1.92 bits per heavy atom. The molecule has 18 heteroatoms. The molecule has 0 bridgehead atoms. The van der Waals surface area contributed by atoms with E-state index in [1.54, 1.807) is 52.1 Å². The number of piperidine rings is 1.